The molecule has 1 aromatic heterocycles. The van der Waals surface area contributed by atoms with Crippen LogP contribution < -0.4 is 10.1 Å². The van der Waals surface area contributed by atoms with Crippen molar-refractivity contribution in [3.05, 3.63) is 45.4 Å². The van der Waals surface area contributed by atoms with Gasteiger partial charge < -0.3 is 15.2 Å². The van der Waals surface area contributed by atoms with Crippen LogP contribution in [0.2, 0.25) is 5.02 Å². The molecule has 0 aliphatic carbocycles. The molecular formula is C17H19ClN2O4S. The van der Waals surface area contributed by atoms with Gasteiger partial charge in [0.1, 0.15) is 23.4 Å². The second kappa shape index (κ2) is 8.82. The van der Waals surface area contributed by atoms with Gasteiger partial charge in [-0.25, -0.2) is 9.78 Å². The summed E-state index contributed by atoms with van der Waals surface area (Å²) in [6.07, 6.45) is 0.0357. The van der Waals surface area contributed by atoms with Crippen molar-refractivity contribution in [2.24, 2.45) is 5.92 Å². The second-order valence-corrected chi connectivity index (χ2v) is 7.16. The number of ether oxygens (including phenoxy) is 1. The normalized spacial score (nSPS) is 12.0. The van der Waals surface area contributed by atoms with Crippen LogP contribution >= 0.6 is 22.9 Å². The van der Waals surface area contributed by atoms with Crippen molar-refractivity contribution >= 4 is 34.8 Å². The van der Waals surface area contributed by atoms with Gasteiger partial charge >= 0.3 is 5.97 Å². The van der Waals surface area contributed by atoms with E-state index in [0.717, 1.165) is 5.01 Å². The second-order valence-electron chi connectivity index (χ2n) is 5.78. The van der Waals surface area contributed by atoms with Gasteiger partial charge in [0, 0.05) is 10.4 Å². The van der Waals surface area contributed by atoms with E-state index in [9.17, 15) is 9.59 Å². The van der Waals surface area contributed by atoms with Crippen LogP contribution in [-0.4, -0.2) is 28.0 Å². The summed E-state index contributed by atoms with van der Waals surface area (Å²) >= 11 is 7.20. The lowest BCUT2D eigenvalue weighted by Crippen LogP contribution is -2.44. The Morgan fingerprint density at radius 1 is 1.32 bits per heavy atom. The number of carboxylic acid groups (broad SMARTS) is 1. The van der Waals surface area contributed by atoms with E-state index in [2.05, 4.69) is 10.3 Å². The highest BCUT2D eigenvalue weighted by Crippen LogP contribution is 2.18. The minimum atomic E-state index is -1.04. The van der Waals surface area contributed by atoms with Crippen molar-refractivity contribution < 1.29 is 19.4 Å². The highest BCUT2D eigenvalue weighted by Gasteiger charge is 2.23. The lowest BCUT2D eigenvalue weighted by atomic mass is 10.0. The Morgan fingerprint density at radius 2 is 2.00 bits per heavy atom. The molecule has 0 unspecified atom stereocenters. The van der Waals surface area contributed by atoms with Crippen molar-refractivity contribution in [2.45, 2.75) is 32.9 Å². The summed E-state index contributed by atoms with van der Waals surface area (Å²) in [6.45, 7) is 3.78. The number of rotatable bonds is 8. The van der Waals surface area contributed by atoms with E-state index in [1.807, 2.05) is 0 Å². The third kappa shape index (κ3) is 6.03. The first-order valence-corrected chi connectivity index (χ1v) is 8.94. The summed E-state index contributed by atoms with van der Waals surface area (Å²) in [4.78, 5) is 27.5. The van der Waals surface area contributed by atoms with E-state index in [1.165, 1.54) is 11.3 Å². The maximum Gasteiger partial charge on any atom is 0.326 e. The van der Waals surface area contributed by atoms with Crippen LogP contribution in [0.5, 0.6) is 5.75 Å². The zero-order valence-corrected chi connectivity index (χ0v) is 15.4. The van der Waals surface area contributed by atoms with Crippen molar-refractivity contribution in [1.82, 2.24) is 10.3 Å². The number of aromatic nitrogens is 1. The predicted octanol–water partition coefficient (Wildman–Crippen LogP) is 3.14. The topological polar surface area (TPSA) is 88.5 Å². The average molecular weight is 383 g/mol. The summed E-state index contributed by atoms with van der Waals surface area (Å²) in [5.41, 5.74) is 0.588. The Balaban J connectivity index is 1.87. The first kappa shape index (κ1) is 19.2. The number of carboxylic acids is 1. The fourth-order valence-electron chi connectivity index (χ4n) is 2.07. The number of benzene rings is 1. The van der Waals surface area contributed by atoms with Gasteiger partial charge in [0.15, 0.2) is 0 Å². The molecule has 8 heteroatoms. The number of halogens is 1. The highest BCUT2D eigenvalue weighted by atomic mass is 35.5. The number of amides is 1. The molecule has 0 saturated heterocycles. The van der Waals surface area contributed by atoms with Crippen LogP contribution in [0.4, 0.5) is 0 Å². The van der Waals surface area contributed by atoms with Crippen LogP contribution in [0.15, 0.2) is 29.6 Å². The molecule has 2 rings (SSSR count). The molecule has 0 aliphatic rings. The van der Waals surface area contributed by atoms with Gasteiger partial charge in [-0.2, -0.15) is 0 Å². The lowest BCUT2D eigenvalue weighted by Gasteiger charge is -2.17. The summed E-state index contributed by atoms with van der Waals surface area (Å²) in [6, 6.07) is 6.10. The van der Waals surface area contributed by atoms with Gasteiger partial charge in [0.25, 0.3) is 0 Å². The first-order valence-electron chi connectivity index (χ1n) is 7.69. The molecule has 134 valence electrons. The molecule has 1 heterocycles. The monoisotopic (exact) mass is 382 g/mol. The van der Waals surface area contributed by atoms with E-state index >= 15 is 0 Å². The van der Waals surface area contributed by atoms with Crippen molar-refractivity contribution in [3.63, 3.8) is 0 Å². The van der Waals surface area contributed by atoms with Gasteiger partial charge in [-0.05, 0) is 30.2 Å². The molecule has 6 nitrogen and oxygen atoms in total. The maximum atomic E-state index is 12.0. The molecule has 2 aromatic rings. The zero-order chi connectivity index (χ0) is 18.4. The standard InChI is InChI=1S/C17H19ClN2O4S/c1-10(2)16(17(22)23)20-14(21)7-12-9-25-15(19-12)8-24-13-5-3-11(18)4-6-13/h3-6,9-10,16H,7-8H2,1-2H3,(H,20,21)(H,22,23)/t16-/m1/s1. The van der Waals surface area contributed by atoms with E-state index < -0.39 is 12.0 Å². The predicted molar refractivity (Wildman–Crippen MR) is 96.0 cm³/mol. The summed E-state index contributed by atoms with van der Waals surface area (Å²) in [7, 11) is 0. The van der Waals surface area contributed by atoms with E-state index in [-0.39, 0.29) is 24.9 Å². The van der Waals surface area contributed by atoms with E-state index in [4.69, 9.17) is 21.4 Å². The molecule has 0 spiro atoms. The van der Waals surface area contributed by atoms with Crippen molar-refractivity contribution in [1.29, 1.82) is 0 Å². The number of thiazole rings is 1. The minimum absolute atomic E-state index is 0.0357. The summed E-state index contributed by atoms with van der Waals surface area (Å²) in [5, 5.41) is 14.8. The number of hydrogen-bond donors (Lipinski definition) is 2. The fraction of sp³-hybridized carbons (Fsp3) is 0.353. The summed E-state index contributed by atoms with van der Waals surface area (Å²) in [5.74, 6) is -0.921. The number of nitrogens with zero attached hydrogens (tertiary/aromatic N) is 1. The van der Waals surface area contributed by atoms with Crippen LogP contribution in [-0.2, 0) is 22.6 Å². The molecule has 0 bridgehead atoms. The molecule has 2 N–H and O–H groups in total. The molecule has 1 amide bonds. The molecule has 25 heavy (non-hydrogen) atoms. The van der Waals surface area contributed by atoms with Crippen LogP contribution in [0.25, 0.3) is 0 Å². The Labute approximate surface area is 154 Å². The molecule has 0 aliphatic heterocycles. The fourth-order valence-corrected chi connectivity index (χ4v) is 2.91. The SMILES string of the molecule is CC(C)[C@@H](NC(=O)Cc1csc(COc2ccc(Cl)cc2)n1)C(=O)O. The molecule has 0 radical (unpaired) electrons. The zero-order valence-electron chi connectivity index (χ0n) is 13.9. The van der Waals surface area contributed by atoms with E-state index in [0.29, 0.717) is 16.5 Å². The molecule has 0 saturated carbocycles. The number of nitrogens with one attached hydrogen (secondary N) is 1. The molecule has 1 atom stereocenters. The van der Waals surface area contributed by atoms with Gasteiger partial charge in [-0.15, -0.1) is 11.3 Å². The van der Waals surface area contributed by atoms with Crippen LogP contribution in [0, 0.1) is 5.92 Å². The Bertz CT molecular complexity index is 731. The third-order valence-corrected chi connectivity index (χ3v) is 4.49. The Hall–Kier alpha value is -2.12. The molecule has 1 aromatic carbocycles. The highest BCUT2D eigenvalue weighted by molar-refractivity contribution is 7.09. The average Bonchev–Trinajstić information content (AvgIpc) is 2.99. The number of hydrogen-bond acceptors (Lipinski definition) is 5. The number of carbonyl (C=O) groups is 2. The Kier molecular flexibility index (Phi) is 6.78. The van der Waals surface area contributed by atoms with Gasteiger partial charge in [0.05, 0.1) is 12.1 Å². The van der Waals surface area contributed by atoms with Crippen molar-refractivity contribution in [3.8, 4) is 5.75 Å². The van der Waals surface area contributed by atoms with Gasteiger partial charge in [-0.3, -0.25) is 4.79 Å². The summed E-state index contributed by atoms with van der Waals surface area (Å²) < 4.78 is 5.60. The minimum Gasteiger partial charge on any atom is -0.486 e. The van der Waals surface area contributed by atoms with Crippen LogP contribution in [0.3, 0.4) is 0 Å². The van der Waals surface area contributed by atoms with Crippen LogP contribution in [0.1, 0.15) is 24.5 Å². The Morgan fingerprint density at radius 3 is 2.60 bits per heavy atom. The number of carbonyl (C=O) groups excluding carboxylic acids is 1. The maximum absolute atomic E-state index is 12.0. The quantitative estimate of drug-likeness (QED) is 0.732. The number of aliphatic carboxylic acids is 1. The largest absolute Gasteiger partial charge is 0.486 e. The van der Waals surface area contributed by atoms with Gasteiger partial charge in [0.2, 0.25) is 5.91 Å². The van der Waals surface area contributed by atoms with Gasteiger partial charge in [-0.1, -0.05) is 25.4 Å². The van der Waals surface area contributed by atoms with E-state index in [1.54, 1.807) is 43.5 Å². The van der Waals surface area contributed by atoms with Crippen molar-refractivity contribution in [2.75, 3.05) is 0 Å². The first-order chi connectivity index (χ1) is 11.8. The lowest BCUT2D eigenvalue weighted by molar-refractivity contribution is -0.143. The molecule has 0 fully saturated rings. The third-order valence-electron chi connectivity index (χ3n) is 3.37. The smallest absolute Gasteiger partial charge is 0.326 e. The molecular weight excluding hydrogens is 364 g/mol.